The van der Waals surface area contributed by atoms with E-state index in [1.165, 1.54) is 16.4 Å². The molecule has 0 aliphatic rings. The highest BCUT2D eigenvalue weighted by molar-refractivity contribution is 14.1. The Balaban J connectivity index is 2.25. The first-order valence-corrected chi connectivity index (χ1v) is 5.90. The van der Waals surface area contributed by atoms with Gasteiger partial charge < -0.3 is 10.4 Å². The van der Waals surface area contributed by atoms with E-state index < -0.39 is 0 Å². The molecular formula is C10H14INO. The summed E-state index contributed by atoms with van der Waals surface area (Å²) in [6.07, 6.45) is 1.21. The Morgan fingerprint density at radius 3 is 2.54 bits per heavy atom. The highest BCUT2D eigenvalue weighted by Gasteiger charge is 1.92. The summed E-state index contributed by atoms with van der Waals surface area (Å²) < 4.78 is 1.19. The van der Waals surface area contributed by atoms with Gasteiger partial charge in [-0.3, -0.25) is 0 Å². The van der Waals surface area contributed by atoms with E-state index in [0.717, 1.165) is 13.1 Å². The summed E-state index contributed by atoms with van der Waals surface area (Å²) in [5.74, 6) is 0.330. The molecular weight excluding hydrogens is 277 g/mol. The van der Waals surface area contributed by atoms with Crippen molar-refractivity contribution in [2.24, 2.45) is 0 Å². The predicted molar refractivity (Wildman–Crippen MR) is 63.3 cm³/mol. The third kappa shape index (κ3) is 4.47. The van der Waals surface area contributed by atoms with E-state index in [2.05, 4.69) is 27.9 Å². The zero-order chi connectivity index (χ0) is 9.52. The second-order valence-corrected chi connectivity index (χ2v) is 3.96. The van der Waals surface area contributed by atoms with Gasteiger partial charge in [-0.1, -0.05) is 34.7 Å². The average molecular weight is 291 g/mol. The van der Waals surface area contributed by atoms with E-state index >= 15 is 0 Å². The third-order valence-electron chi connectivity index (χ3n) is 1.75. The minimum atomic E-state index is 0.330. The lowest BCUT2D eigenvalue weighted by atomic mass is 10.2. The minimum absolute atomic E-state index is 0.330. The molecule has 13 heavy (non-hydrogen) atoms. The van der Waals surface area contributed by atoms with Gasteiger partial charge in [-0.05, 0) is 30.7 Å². The SMILES string of the molecule is Oc1ccc(CNCCCI)cc1. The summed E-state index contributed by atoms with van der Waals surface area (Å²) in [4.78, 5) is 0. The molecule has 0 atom stereocenters. The highest BCUT2D eigenvalue weighted by Crippen LogP contribution is 2.08. The Bertz CT molecular complexity index is 235. The summed E-state index contributed by atoms with van der Waals surface area (Å²) in [5.41, 5.74) is 1.21. The molecule has 0 amide bonds. The number of hydrogen-bond acceptors (Lipinski definition) is 2. The number of halogens is 1. The Labute approximate surface area is 92.5 Å². The summed E-state index contributed by atoms with van der Waals surface area (Å²) in [5, 5.41) is 12.4. The van der Waals surface area contributed by atoms with Gasteiger partial charge in [0.25, 0.3) is 0 Å². The molecule has 0 aromatic heterocycles. The fourth-order valence-electron chi connectivity index (χ4n) is 1.04. The standard InChI is InChI=1S/C10H14INO/c11-6-1-7-12-8-9-2-4-10(13)5-3-9/h2-5,12-13H,1,6-8H2. The third-order valence-corrected chi connectivity index (χ3v) is 2.52. The lowest BCUT2D eigenvalue weighted by molar-refractivity contribution is 0.475. The fraction of sp³-hybridized carbons (Fsp3) is 0.400. The number of hydrogen-bond donors (Lipinski definition) is 2. The maximum absolute atomic E-state index is 9.04. The number of phenols is 1. The van der Waals surface area contributed by atoms with Crippen LogP contribution in [0, 0.1) is 0 Å². The molecule has 1 rings (SSSR count). The van der Waals surface area contributed by atoms with E-state index in [1.54, 1.807) is 12.1 Å². The summed E-state index contributed by atoms with van der Waals surface area (Å²) in [6.45, 7) is 1.95. The Hall–Kier alpha value is -0.290. The van der Waals surface area contributed by atoms with Gasteiger partial charge in [-0.25, -0.2) is 0 Å². The van der Waals surface area contributed by atoms with Gasteiger partial charge in [0.1, 0.15) is 5.75 Å². The molecule has 1 aromatic carbocycles. The Kier molecular flexibility index (Phi) is 5.15. The van der Waals surface area contributed by atoms with Gasteiger partial charge in [0, 0.05) is 11.0 Å². The molecule has 1 aromatic rings. The zero-order valence-corrected chi connectivity index (χ0v) is 9.62. The summed E-state index contributed by atoms with van der Waals surface area (Å²) in [7, 11) is 0. The lowest BCUT2D eigenvalue weighted by Crippen LogP contribution is -2.14. The van der Waals surface area contributed by atoms with Crippen LogP contribution in [0.3, 0.4) is 0 Å². The Morgan fingerprint density at radius 1 is 1.23 bits per heavy atom. The molecule has 0 aliphatic carbocycles. The normalized spacial score (nSPS) is 10.2. The average Bonchev–Trinajstić information content (AvgIpc) is 2.15. The number of aromatic hydroxyl groups is 1. The number of nitrogens with one attached hydrogen (secondary N) is 1. The first kappa shape index (κ1) is 10.8. The Morgan fingerprint density at radius 2 is 1.92 bits per heavy atom. The molecule has 0 heterocycles. The monoisotopic (exact) mass is 291 g/mol. The van der Waals surface area contributed by atoms with Gasteiger partial charge in [0.05, 0.1) is 0 Å². The van der Waals surface area contributed by atoms with Crippen molar-refractivity contribution in [3.05, 3.63) is 29.8 Å². The molecule has 2 nitrogen and oxygen atoms in total. The van der Waals surface area contributed by atoms with E-state index in [0.29, 0.717) is 5.75 Å². The highest BCUT2D eigenvalue weighted by atomic mass is 127. The molecule has 0 fully saturated rings. The molecule has 0 aliphatic heterocycles. The van der Waals surface area contributed by atoms with Crippen molar-refractivity contribution in [1.29, 1.82) is 0 Å². The van der Waals surface area contributed by atoms with Crippen molar-refractivity contribution in [2.75, 3.05) is 11.0 Å². The van der Waals surface area contributed by atoms with Crippen LogP contribution in [0.2, 0.25) is 0 Å². The zero-order valence-electron chi connectivity index (χ0n) is 7.46. The van der Waals surface area contributed by atoms with Crippen molar-refractivity contribution in [3.8, 4) is 5.75 Å². The van der Waals surface area contributed by atoms with Gasteiger partial charge in [-0.15, -0.1) is 0 Å². The molecule has 2 N–H and O–H groups in total. The first-order valence-electron chi connectivity index (χ1n) is 4.37. The van der Waals surface area contributed by atoms with Crippen molar-refractivity contribution in [3.63, 3.8) is 0 Å². The predicted octanol–water partition coefficient (Wildman–Crippen LogP) is 2.31. The maximum atomic E-state index is 9.04. The number of phenolic OH excluding ortho intramolecular Hbond substituents is 1. The van der Waals surface area contributed by atoms with Gasteiger partial charge in [0.15, 0.2) is 0 Å². The van der Waals surface area contributed by atoms with Crippen LogP contribution < -0.4 is 5.32 Å². The van der Waals surface area contributed by atoms with Crippen LogP contribution in [-0.4, -0.2) is 16.1 Å². The molecule has 0 radical (unpaired) electrons. The maximum Gasteiger partial charge on any atom is 0.115 e. The van der Waals surface area contributed by atoms with Gasteiger partial charge >= 0.3 is 0 Å². The van der Waals surface area contributed by atoms with Crippen molar-refractivity contribution >= 4 is 22.6 Å². The fourth-order valence-corrected chi connectivity index (χ4v) is 1.42. The quantitative estimate of drug-likeness (QED) is 0.496. The van der Waals surface area contributed by atoms with Crippen LogP contribution in [0.1, 0.15) is 12.0 Å². The molecule has 0 unspecified atom stereocenters. The van der Waals surface area contributed by atoms with Crippen molar-refractivity contribution in [1.82, 2.24) is 5.32 Å². The molecule has 0 spiro atoms. The van der Waals surface area contributed by atoms with Crippen molar-refractivity contribution in [2.45, 2.75) is 13.0 Å². The van der Waals surface area contributed by atoms with Crippen LogP contribution in [0.15, 0.2) is 24.3 Å². The van der Waals surface area contributed by atoms with E-state index in [4.69, 9.17) is 5.11 Å². The lowest BCUT2D eigenvalue weighted by Gasteiger charge is -2.03. The minimum Gasteiger partial charge on any atom is -0.508 e. The van der Waals surface area contributed by atoms with Crippen LogP contribution in [0.25, 0.3) is 0 Å². The first-order chi connectivity index (χ1) is 6.33. The van der Waals surface area contributed by atoms with Crippen LogP contribution in [0.4, 0.5) is 0 Å². The molecule has 0 saturated heterocycles. The van der Waals surface area contributed by atoms with Gasteiger partial charge in [0.2, 0.25) is 0 Å². The van der Waals surface area contributed by atoms with E-state index in [-0.39, 0.29) is 0 Å². The summed E-state index contributed by atoms with van der Waals surface area (Å²) >= 11 is 2.37. The van der Waals surface area contributed by atoms with Crippen molar-refractivity contribution < 1.29 is 5.11 Å². The molecule has 3 heteroatoms. The molecule has 72 valence electrons. The second-order valence-electron chi connectivity index (χ2n) is 2.89. The van der Waals surface area contributed by atoms with Crippen LogP contribution in [-0.2, 0) is 6.54 Å². The molecule has 0 saturated carbocycles. The van der Waals surface area contributed by atoms with Crippen LogP contribution >= 0.6 is 22.6 Å². The van der Waals surface area contributed by atoms with Crippen LogP contribution in [0.5, 0.6) is 5.75 Å². The van der Waals surface area contributed by atoms with E-state index in [9.17, 15) is 0 Å². The number of rotatable bonds is 5. The second kappa shape index (κ2) is 6.21. The van der Waals surface area contributed by atoms with E-state index in [1.807, 2.05) is 12.1 Å². The summed E-state index contributed by atoms with van der Waals surface area (Å²) in [6, 6.07) is 7.31. The largest absolute Gasteiger partial charge is 0.508 e. The van der Waals surface area contributed by atoms with Gasteiger partial charge in [-0.2, -0.15) is 0 Å². The topological polar surface area (TPSA) is 32.3 Å². The smallest absolute Gasteiger partial charge is 0.115 e. The molecule has 0 bridgehead atoms. The number of benzene rings is 1. The number of alkyl halides is 1.